The van der Waals surface area contributed by atoms with E-state index in [1.807, 2.05) is 18.2 Å². The summed E-state index contributed by atoms with van der Waals surface area (Å²) >= 11 is 0. The van der Waals surface area contributed by atoms with Crippen LogP contribution in [0.4, 0.5) is 0 Å². The standard InChI is InChI=1S/C16H22N2O/c17-11-10-16(13-6-2-1-3-7-13)18-15-9-5-4-8-14(15)12-19/h1-3,6-7,14-16,18-19H,4-5,8-10,12H2. The Morgan fingerprint density at radius 3 is 2.68 bits per heavy atom. The zero-order chi connectivity index (χ0) is 13.5. The number of nitrogens with zero attached hydrogens (tertiary/aromatic N) is 1. The highest BCUT2D eigenvalue weighted by atomic mass is 16.3. The Balaban J connectivity index is 2.06. The lowest BCUT2D eigenvalue weighted by Crippen LogP contribution is -2.42. The smallest absolute Gasteiger partial charge is 0.0641 e. The first-order valence-corrected chi connectivity index (χ1v) is 7.14. The number of hydrogen-bond acceptors (Lipinski definition) is 3. The molecule has 1 saturated carbocycles. The maximum Gasteiger partial charge on any atom is 0.0641 e. The monoisotopic (exact) mass is 258 g/mol. The molecule has 3 heteroatoms. The third-order valence-corrected chi connectivity index (χ3v) is 4.06. The summed E-state index contributed by atoms with van der Waals surface area (Å²) in [7, 11) is 0. The van der Waals surface area contributed by atoms with Crippen molar-refractivity contribution in [2.24, 2.45) is 5.92 Å². The Morgan fingerprint density at radius 2 is 2.00 bits per heavy atom. The van der Waals surface area contributed by atoms with Gasteiger partial charge in [0.05, 0.1) is 12.5 Å². The van der Waals surface area contributed by atoms with E-state index in [9.17, 15) is 5.11 Å². The van der Waals surface area contributed by atoms with E-state index in [1.54, 1.807) is 0 Å². The van der Waals surface area contributed by atoms with E-state index in [-0.39, 0.29) is 12.6 Å². The second-order valence-electron chi connectivity index (χ2n) is 5.33. The van der Waals surface area contributed by atoms with Crippen molar-refractivity contribution < 1.29 is 5.11 Å². The lowest BCUT2D eigenvalue weighted by Gasteiger charge is -2.34. The molecule has 0 heterocycles. The summed E-state index contributed by atoms with van der Waals surface area (Å²) in [5.41, 5.74) is 1.16. The molecule has 1 fully saturated rings. The number of nitriles is 1. The van der Waals surface area contributed by atoms with Crippen LogP contribution in [0.5, 0.6) is 0 Å². The van der Waals surface area contributed by atoms with E-state index in [1.165, 1.54) is 12.8 Å². The zero-order valence-electron chi connectivity index (χ0n) is 11.3. The average molecular weight is 258 g/mol. The fourth-order valence-electron chi connectivity index (χ4n) is 2.95. The van der Waals surface area contributed by atoms with E-state index in [0.717, 1.165) is 18.4 Å². The Hall–Kier alpha value is -1.37. The first-order valence-electron chi connectivity index (χ1n) is 7.14. The molecule has 0 aliphatic heterocycles. The Kier molecular flexibility index (Phi) is 5.38. The topological polar surface area (TPSA) is 56.0 Å². The molecule has 2 rings (SSSR count). The van der Waals surface area contributed by atoms with Crippen LogP contribution >= 0.6 is 0 Å². The number of nitrogens with one attached hydrogen (secondary N) is 1. The zero-order valence-corrected chi connectivity index (χ0v) is 11.3. The molecule has 0 amide bonds. The van der Waals surface area contributed by atoms with Gasteiger partial charge in [0, 0.05) is 18.7 Å². The second kappa shape index (κ2) is 7.28. The fourth-order valence-corrected chi connectivity index (χ4v) is 2.95. The molecular weight excluding hydrogens is 236 g/mol. The highest BCUT2D eigenvalue weighted by Crippen LogP contribution is 2.27. The van der Waals surface area contributed by atoms with Gasteiger partial charge in [-0.25, -0.2) is 0 Å². The van der Waals surface area contributed by atoms with E-state index in [0.29, 0.717) is 18.4 Å². The van der Waals surface area contributed by atoms with Gasteiger partial charge in [0.1, 0.15) is 0 Å². The van der Waals surface area contributed by atoms with E-state index in [4.69, 9.17) is 5.26 Å². The van der Waals surface area contributed by atoms with Gasteiger partial charge in [-0.2, -0.15) is 5.26 Å². The second-order valence-corrected chi connectivity index (χ2v) is 5.33. The first kappa shape index (κ1) is 14.0. The Bertz CT molecular complexity index is 413. The molecule has 0 spiro atoms. The van der Waals surface area contributed by atoms with Crippen molar-refractivity contribution >= 4 is 0 Å². The van der Waals surface area contributed by atoms with Gasteiger partial charge in [0.25, 0.3) is 0 Å². The van der Waals surface area contributed by atoms with Gasteiger partial charge in [-0.05, 0) is 24.3 Å². The maximum absolute atomic E-state index is 9.47. The minimum absolute atomic E-state index is 0.0725. The summed E-state index contributed by atoms with van der Waals surface area (Å²) in [4.78, 5) is 0. The summed E-state index contributed by atoms with van der Waals surface area (Å²) in [6, 6.07) is 12.8. The lowest BCUT2D eigenvalue weighted by molar-refractivity contribution is 0.146. The van der Waals surface area contributed by atoms with Gasteiger partial charge >= 0.3 is 0 Å². The van der Waals surface area contributed by atoms with Crippen LogP contribution in [0.15, 0.2) is 30.3 Å². The van der Waals surface area contributed by atoms with Crippen molar-refractivity contribution in [1.29, 1.82) is 5.26 Å². The third-order valence-electron chi connectivity index (χ3n) is 4.06. The molecule has 3 atom stereocenters. The quantitative estimate of drug-likeness (QED) is 0.854. The highest BCUT2D eigenvalue weighted by Gasteiger charge is 2.26. The van der Waals surface area contributed by atoms with Crippen molar-refractivity contribution in [3.8, 4) is 6.07 Å². The van der Waals surface area contributed by atoms with E-state index in [2.05, 4.69) is 23.5 Å². The van der Waals surface area contributed by atoms with Crippen LogP contribution < -0.4 is 5.32 Å². The number of hydrogen-bond donors (Lipinski definition) is 2. The van der Waals surface area contributed by atoms with Crippen LogP contribution in [0.2, 0.25) is 0 Å². The van der Waals surface area contributed by atoms with Gasteiger partial charge in [-0.3, -0.25) is 0 Å². The molecule has 1 aliphatic carbocycles. The van der Waals surface area contributed by atoms with Crippen LogP contribution in [0.1, 0.15) is 43.7 Å². The molecule has 3 unspecified atom stereocenters. The lowest BCUT2D eigenvalue weighted by atomic mass is 9.84. The minimum Gasteiger partial charge on any atom is -0.396 e. The first-order chi connectivity index (χ1) is 9.35. The normalized spacial score (nSPS) is 24.6. The Morgan fingerprint density at radius 1 is 1.26 bits per heavy atom. The van der Waals surface area contributed by atoms with Gasteiger partial charge in [-0.1, -0.05) is 43.2 Å². The van der Waals surface area contributed by atoms with Crippen LogP contribution in [0.3, 0.4) is 0 Å². The summed E-state index contributed by atoms with van der Waals surface area (Å²) in [5.74, 6) is 0.332. The highest BCUT2D eigenvalue weighted by molar-refractivity contribution is 5.20. The van der Waals surface area contributed by atoms with Crippen LogP contribution in [0, 0.1) is 17.2 Å². The molecule has 1 aliphatic rings. The maximum atomic E-state index is 9.47. The van der Waals surface area contributed by atoms with Crippen molar-refractivity contribution in [2.75, 3.05) is 6.61 Å². The number of aliphatic hydroxyl groups is 1. The average Bonchev–Trinajstić information content (AvgIpc) is 2.48. The number of aliphatic hydroxyl groups excluding tert-OH is 1. The van der Waals surface area contributed by atoms with Gasteiger partial charge < -0.3 is 10.4 Å². The molecule has 102 valence electrons. The molecule has 0 radical (unpaired) electrons. The summed E-state index contributed by atoms with van der Waals surface area (Å²) in [6.07, 6.45) is 5.07. The number of benzene rings is 1. The molecule has 3 nitrogen and oxygen atoms in total. The van der Waals surface area contributed by atoms with Crippen LogP contribution in [-0.4, -0.2) is 17.8 Å². The van der Waals surface area contributed by atoms with Crippen molar-refractivity contribution in [1.82, 2.24) is 5.32 Å². The van der Waals surface area contributed by atoms with Gasteiger partial charge in [0.15, 0.2) is 0 Å². The van der Waals surface area contributed by atoms with Crippen molar-refractivity contribution in [3.05, 3.63) is 35.9 Å². The predicted octanol–water partition coefficient (Wildman–Crippen LogP) is 2.78. The molecule has 0 saturated heterocycles. The third kappa shape index (κ3) is 3.79. The molecule has 1 aromatic rings. The van der Waals surface area contributed by atoms with E-state index < -0.39 is 0 Å². The van der Waals surface area contributed by atoms with E-state index >= 15 is 0 Å². The van der Waals surface area contributed by atoms with Crippen LogP contribution in [-0.2, 0) is 0 Å². The number of rotatable bonds is 5. The van der Waals surface area contributed by atoms with Gasteiger partial charge in [-0.15, -0.1) is 0 Å². The summed E-state index contributed by atoms with van der Waals surface area (Å²) in [6.45, 7) is 0.242. The van der Waals surface area contributed by atoms with Crippen molar-refractivity contribution in [2.45, 2.75) is 44.2 Å². The summed E-state index contributed by atoms with van der Waals surface area (Å²) < 4.78 is 0. The molecule has 0 aromatic heterocycles. The summed E-state index contributed by atoms with van der Waals surface area (Å²) in [5, 5.41) is 22.1. The Labute approximate surface area is 115 Å². The molecular formula is C16H22N2O. The molecule has 2 N–H and O–H groups in total. The molecule has 0 bridgehead atoms. The molecule has 19 heavy (non-hydrogen) atoms. The fraction of sp³-hybridized carbons (Fsp3) is 0.562. The SMILES string of the molecule is N#CCC(NC1CCCCC1CO)c1ccccc1. The minimum atomic E-state index is 0.0725. The molecule has 1 aromatic carbocycles. The van der Waals surface area contributed by atoms with Crippen LogP contribution in [0.25, 0.3) is 0 Å². The largest absolute Gasteiger partial charge is 0.396 e. The van der Waals surface area contributed by atoms with Crippen molar-refractivity contribution in [3.63, 3.8) is 0 Å². The van der Waals surface area contributed by atoms with Gasteiger partial charge in [0.2, 0.25) is 0 Å². The predicted molar refractivity (Wildman–Crippen MR) is 75.4 cm³/mol.